The molecule has 0 saturated heterocycles. The summed E-state index contributed by atoms with van der Waals surface area (Å²) in [5.41, 5.74) is 0.671. The molecule has 0 aliphatic carbocycles. The summed E-state index contributed by atoms with van der Waals surface area (Å²) in [6.07, 6.45) is 0. The van der Waals surface area contributed by atoms with Gasteiger partial charge in [-0.3, -0.25) is 4.79 Å². The molecule has 2 heterocycles. The number of aromatic amines is 1. The summed E-state index contributed by atoms with van der Waals surface area (Å²) in [4.78, 5) is 15.5. The fraction of sp³-hybridized carbons (Fsp3) is 0.0435. The zero-order chi connectivity index (χ0) is 21.9. The van der Waals surface area contributed by atoms with E-state index in [1.165, 1.54) is 0 Å². The van der Waals surface area contributed by atoms with Crippen molar-refractivity contribution in [2.24, 2.45) is 0 Å². The molecule has 0 aliphatic heterocycles. The lowest BCUT2D eigenvalue weighted by atomic mass is 9.98. The summed E-state index contributed by atoms with van der Waals surface area (Å²) in [6.45, 7) is 1.72. The molecule has 4 nitrogen and oxygen atoms in total. The van der Waals surface area contributed by atoms with E-state index in [1.54, 1.807) is 6.92 Å². The Balaban J connectivity index is 1.85. The number of benzene rings is 3. The van der Waals surface area contributed by atoms with Crippen LogP contribution < -0.4 is 5.56 Å². The van der Waals surface area contributed by atoms with Crippen LogP contribution in [0.15, 0.2) is 59.4 Å². The minimum Gasteiger partial charge on any atom is -0.339 e. The van der Waals surface area contributed by atoms with E-state index in [-0.39, 0.29) is 11.3 Å². The van der Waals surface area contributed by atoms with Gasteiger partial charge in [-0.05, 0) is 29.3 Å². The van der Waals surface area contributed by atoms with Gasteiger partial charge in [0.05, 0.1) is 11.4 Å². The first-order valence-electron chi connectivity index (χ1n) is 9.31. The van der Waals surface area contributed by atoms with Gasteiger partial charge in [0.1, 0.15) is 5.65 Å². The predicted molar refractivity (Wildman–Crippen MR) is 109 cm³/mol. The molecular weight excluding hydrogens is 410 g/mol. The van der Waals surface area contributed by atoms with Crippen molar-refractivity contribution in [1.29, 1.82) is 0 Å². The number of fused-ring (bicyclic) bond motifs is 2. The lowest BCUT2D eigenvalue weighted by Gasteiger charge is -2.09. The highest BCUT2D eigenvalue weighted by atomic mass is 19.2. The molecule has 5 rings (SSSR count). The van der Waals surface area contributed by atoms with E-state index in [4.69, 9.17) is 0 Å². The van der Waals surface area contributed by atoms with Gasteiger partial charge in [-0.2, -0.15) is 9.61 Å². The van der Waals surface area contributed by atoms with Gasteiger partial charge in [0.25, 0.3) is 5.56 Å². The van der Waals surface area contributed by atoms with Crippen molar-refractivity contribution in [3.8, 4) is 22.4 Å². The quantitative estimate of drug-likeness (QED) is 0.236. The topological polar surface area (TPSA) is 50.2 Å². The highest BCUT2D eigenvalue weighted by Gasteiger charge is 2.22. The van der Waals surface area contributed by atoms with E-state index in [9.17, 15) is 22.4 Å². The van der Waals surface area contributed by atoms with Gasteiger partial charge in [-0.25, -0.2) is 17.6 Å². The zero-order valence-electron chi connectivity index (χ0n) is 16.0. The second kappa shape index (κ2) is 6.80. The molecule has 0 aliphatic rings. The molecule has 1 N–H and O–H groups in total. The first-order chi connectivity index (χ1) is 14.9. The number of aromatic nitrogens is 3. The average molecular weight is 423 g/mol. The molecule has 2 aromatic heterocycles. The summed E-state index contributed by atoms with van der Waals surface area (Å²) in [7, 11) is 0. The highest BCUT2D eigenvalue weighted by Crippen LogP contribution is 2.34. The fourth-order valence-electron chi connectivity index (χ4n) is 3.83. The summed E-state index contributed by atoms with van der Waals surface area (Å²) in [5, 5.41) is 6.14. The minimum atomic E-state index is -1.95. The van der Waals surface area contributed by atoms with Crippen LogP contribution in [0.25, 0.3) is 38.8 Å². The van der Waals surface area contributed by atoms with Gasteiger partial charge in [0.2, 0.25) is 0 Å². The molecule has 3 aromatic carbocycles. The Morgan fingerprint density at radius 1 is 0.871 bits per heavy atom. The molecule has 0 unspecified atom stereocenters. The summed E-state index contributed by atoms with van der Waals surface area (Å²) >= 11 is 0. The largest absolute Gasteiger partial charge is 0.339 e. The van der Waals surface area contributed by atoms with Crippen molar-refractivity contribution < 1.29 is 17.6 Å². The van der Waals surface area contributed by atoms with Gasteiger partial charge in [0, 0.05) is 17.2 Å². The van der Waals surface area contributed by atoms with E-state index in [1.807, 2.05) is 42.5 Å². The number of halogens is 4. The molecule has 0 fully saturated rings. The second-order valence-corrected chi connectivity index (χ2v) is 7.12. The molecule has 0 saturated carbocycles. The van der Waals surface area contributed by atoms with Crippen LogP contribution in [0.5, 0.6) is 0 Å². The van der Waals surface area contributed by atoms with Crippen molar-refractivity contribution >= 4 is 16.4 Å². The fourth-order valence-corrected chi connectivity index (χ4v) is 3.83. The monoisotopic (exact) mass is 423 g/mol. The lowest BCUT2D eigenvalue weighted by Crippen LogP contribution is -2.15. The van der Waals surface area contributed by atoms with Crippen LogP contribution in [-0.4, -0.2) is 14.6 Å². The highest BCUT2D eigenvalue weighted by molar-refractivity contribution is 6.00. The standard InChI is InChI=1S/C23H13F4N3O/c1-11-19(14-8-4-6-12-5-2-3-7-13(12)14)23-28-17(10-18(31)30(23)29-11)15-9-16(24)21(26)22(27)20(15)25/h2-10,28H,1H3. The van der Waals surface area contributed by atoms with Gasteiger partial charge in [-0.15, -0.1) is 0 Å². The number of rotatable bonds is 2. The number of nitrogens with one attached hydrogen (secondary N) is 1. The molecule has 5 aromatic rings. The number of H-pyrrole nitrogens is 1. The van der Waals surface area contributed by atoms with Crippen LogP contribution >= 0.6 is 0 Å². The predicted octanol–water partition coefficient (Wildman–Crippen LogP) is 5.37. The molecule has 0 bridgehead atoms. The van der Waals surface area contributed by atoms with Crippen LogP contribution in [0, 0.1) is 30.2 Å². The number of nitrogens with zero attached hydrogens (tertiary/aromatic N) is 2. The van der Waals surface area contributed by atoms with Crippen molar-refractivity contribution in [3.63, 3.8) is 0 Å². The van der Waals surface area contributed by atoms with Crippen molar-refractivity contribution in [1.82, 2.24) is 14.6 Å². The zero-order valence-corrected chi connectivity index (χ0v) is 16.0. The molecule has 0 atom stereocenters. The van der Waals surface area contributed by atoms with Gasteiger partial charge in [-0.1, -0.05) is 42.5 Å². The Labute approximate surface area is 172 Å². The van der Waals surface area contributed by atoms with Crippen molar-refractivity contribution in [2.45, 2.75) is 6.92 Å². The van der Waals surface area contributed by atoms with Crippen LogP contribution in [0.2, 0.25) is 0 Å². The Kier molecular flexibility index (Phi) is 4.18. The third-order valence-electron chi connectivity index (χ3n) is 5.24. The van der Waals surface area contributed by atoms with Crippen LogP contribution in [-0.2, 0) is 0 Å². The Morgan fingerprint density at radius 3 is 2.42 bits per heavy atom. The molecular formula is C23H13F4N3O. The van der Waals surface area contributed by atoms with Gasteiger partial charge < -0.3 is 4.98 Å². The third kappa shape index (κ3) is 2.83. The van der Waals surface area contributed by atoms with E-state index >= 15 is 0 Å². The van der Waals surface area contributed by atoms with Gasteiger partial charge >= 0.3 is 0 Å². The number of hydrogen-bond acceptors (Lipinski definition) is 2. The van der Waals surface area contributed by atoms with E-state index < -0.39 is 34.4 Å². The molecule has 0 amide bonds. The maximum Gasteiger partial charge on any atom is 0.274 e. The summed E-state index contributed by atoms with van der Waals surface area (Å²) in [5.74, 6) is -7.02. The maximum atomic E-state index is 14.4. The molecule has 8 heteroatoms. The first kappa shape index (κ1) is 19.0. The van der Waals surface area contributed by atoms with Crippen molar-refractivity contribution in [2.75, 3.05) is 0 Å². The first-order valence-corrected chi connectivity index (χ1v) is 9.31. The van der Waals surface area contributed by atoms with Crippen LogP contribution in [0.3, 0.4) is 0 Å². The molecule has 0 spiro atoms. The normalized spacial score (nSPS) is 11.5. The second-order valence-electron chi connectivity index (χ2n) is 7.12. The third-order valence-corrected chi connectivity index (χ3v) is 5.24. The SMILES string of the molecule is Cc1nn2c(=O)cc(-c3cc(F)c(F)c(F)c3F)[nH]c2c1-c1cccc2ccccc12. The van der Waals surface area contributed by atoms with E-state index in [2.05, 4.69) is 10.1 Å². The van der Waals surface area contributed by atoms with Crippen molar-refractivity contribution in [3.05, 3.63) is 93.9 Å². The van der Waals surface area contributed by atoms with E-state index in [0.29, 0.717) is 17.3 Å². The Bertz CT molecular complexity index is 1560. The Hall–Kier alpha value is -3.94. The Morgan fingerprint density at radius 2 is 1.61 bits per heavy atom. The molecule has 154 valence electrons. The summed E-state index contributed by atoms with van der Waals surface area (Å²) < 4.78 is 56.4. The van der Waals surface area contributed by atoms with Crippen LogP contribution in [0.1, 0.15) is 5.69 Å². The average Bonchev–Trinajstić information content (AvgIpc) is 3.10. The van der Waals surface area contributed by atoms with Gasteiger partial charge in [0.15, 0.2) is 23.3 Å². The molecule has 31 heavy (non-hydrogen) atoms. The minimum absolute atomic E-state index is 0.200. The summed E-state index contributed by atoms with van der Waals surface area (Å²) in [6, 6.07) is 14.7. The number of hydrogen-bond donors (Lipinski definition) is 1. The van der Waals surface area contributed by atoms with Crippen LogP contribution in [0.4, 0.5) is 17.6 Å². The molecule has 0 radical (unpaired) electrons. The smallest absolute Gasteiger partial charge is 0.274 e. The maximum absolute atomic E-state index is 14.4. The van der Waals surface area contributed by atoms with E-state index in [0.717, 1.165) is 26.9 Å². The number of aryl methyl sites for hydroxylation is 1. The lowest BCUT2D eigenvalue weighted by molar-refractivity contribution is 0.410.